The smallest absolute Gasteiger partial charge is 0.329 e. The van der Waals surface area contributed by atoms with E-state index in [4.69, 9.17) is 0 Å². The first kappa shape index (κ1) is 19.4. The van der Waals surface area contributed by atoms with E-state index in [1.54, 1.807) is 12.1 Å². The molecule has 0 fully saturated rings. The fourth-order valence-electron chi connectivity index (χ4n) is 3.38. The number of para-hydroxylation sites is 1. The second-order valence-corrected chi connectivity index (χ2v) is 7.29. The predicted molar refractivity (Wildman–Crippen MR) is 112 cm³/mol. The van der Waals surface area contributed by atoms with Crippen LogP contribution in [0.25, 0.3) is 0 Å². The van der Waals surface area contributed by atoms with Crippen LogP contribution in [0.3, 0.4) is 0 Å². The number of anilines is 2. The third kappa shape index (κ3) is 3.81. The number of carbonyl (C=O) groups excluding carboxylic acids is 2. The van der Waals surface area contributed by atoms with Crippen molar-refractivity contribution in [3.05, 3.63) is 71.4 Å². The van der Waals surface area contributed by atoms with Crippen LogP contribution in [0.4, 0.5) is 11.4 Å². The molecule has 1 aliphatic rings. The third-order valence-electron chi connectivity index (χ3n) is 4.93. The summed E-state index contributed by atoms with van der Waals surface area (Å²) in [6.45, 7) is 6.23. The quantitative estimate of drug-likeness (QED) is 0.490. The Morgan fingerprint density at radius 1 is 1.04 bits per heavy atom. The van der Waals surface area contributed by atoms with Gasteiger partial charge in [0.15, 0.2) is 0 Å². The van der Waals surface area contributed by atoms with E-state index >= 15 is 0 Å². The summed E-state index contributed by atoms with van der Waals surface area (Å²) in [4.78, 5) is 25.9. The van der Waals surface area contributed by atoms with Gasteiger partial charge < -0.3 is 10.2 Å². The molecule has 0 spiro atoms. The molecule has 0 atom stereocenters. The standard InChI is InChI=1S/C22H24N4O2/c1-15-9-11-16(12-10-15)24-20(27)21(28)25-23-14-13-19-22(2,3)17-7-5-6-8-18(17)26(19)4/h5-14H,1-4H3,(H,24,27)(H,25,28)/b19-13+,23-14+. The highest BCUT2D eigenvalue weighted by Gasteiger charge is 2.37. The van der Waals surface area contributed by atoms with Crippen LogP contribution in [0, 0.1) is 6.92 Å². The Morgan fingerprint density at radius 2 is 1.71 bits per heavy atom. The summed E-state index contributed by atoms with van der Waals surface area (Å²) >= 11 is 0. The largest absolute Gasteiger partial charge is 0.347 e. The highest BCUT2D eigenvalue weighted by molar-refractivity contribution is 6.39. The van der Waals surface area contributed by atoms with E-state index in [1.807, 2.05) is 44.3 Å². The van der Waals surface area contributed by atoms with Crippen molar-refractivity contribution in [1.29, 1.82) is 0 Å². The summed E-state index contributed by atoms with van der Waals surface area (Å²) < 4.78 is 0. The monoisotopic (exact) mass is 376 g/mol. The molecular formula is C22H24N4O2. The molecule has 3 rings (SSSR count). The van der Waals surface area contributed by atoms with E-state index < -0.39 is 11.8 Å². The van der Waals surface area contributed by atoms with Crippen LogP contribution in [0.15, 0.2) is 65.4 Å². The van der Waals surface area contributed by atoms with Gasteiger partial charge in [-0.1, -0.05) is 49.7 Å². The Morgan fingerprint density at radius 3 is 2.39 bits per heavy atom. The van der Waals surface area contributed by atoms with Crippen LogP contribution in [-0.4, -0.2) is 25.1 Å². The lowest BCUT2D eigenvalue weighted by molar-refractivity contribution is -0.136. The van der Waals surface area contributed by atoms with Crippen LogP contribution in [-0.2, 0) is 15.0 Å². The second-order valence-electron chi connectivity index (χ2n) is 7.29. The molecule has 0 saturated carbocycles. The Bertz CT molecular complexity index is 959. The zero-order valence-electron chi connectivity index (χ0n) is 16.5. The van der Waals surface area contributed by atoms with E-state index in [2.05, 4.69) is 46.7 Å². The van der Waals surface area contributed by atoms with Gasteiger partial charge in [-0.05, 0) is 36.8 Å². The van der Waals surface area contributed by atoms with Crippen molar-refractivity contribution in [1.82, 2.24) is 5.43 Å². The van der Waals surface area contributed by atoms with Gasteiger partial charge in [-0.2, -0.15) is 5.10 Å². The Labute approximate surface area is 164 Å². The summed E-state index contributed by atoms with van der Waals surface area (Å²) in [5.41, 5.74) is 7.14. The van der Waals surface area contributed by atoms with E-state index in [1.165, 1.54) is 11.8 Å². The molecule has 1 aliphatic heterocycles. The molecular weight excluding hydrogens is 352 g/mol. The van der Waals surface area contributed by atoms with E-state index in [9.17, 15) is 9.59 Å². The summed E-state index contributed by atoms with van der Waals surface area (Å²) in [5.74, 6) is -1.59. The van der Waals surface area contributed by atoms with E-state index in [0.29, 0.717) is 5.69 Å². The number of aryl methyl sites for hydroxylation is 1. The zero-order valence-corrected chi connectivity index (χ0v) is 16.5. The fraction of sp³-hybridized carbons (Fsp3) is 0.227. The molecule has 2 aromatic carbocycles. The molecule has 0 saturated heterocycles. The predicted octanol–water partition coefficient (Wildman–Crippen LogP) is 3.35. The molecule has 28 heavy (non-hydrogen) atoms. The highest BCUT2D eigenvalue weighted by Crippen LogP contribution is 2.46. The van der Waals surface area contributed by atoms with Gasteiger partial charge in [0, 0.05) is 35.7 Å². The van der Waals surface area contributed by atoms with Gasteiger partial charge in [-0.15, -0.1) is 0 Å². The maximum atomic E-state index is 11.9. The van der Waals surface area contributed by atoms with Crippen molar-refractivity contribution in [2.45, 2.75) is 26.2 Å². The fourth-order valence-corrected chi connectivity index (χ4v) is 3.38. The van der Waals surface area contributed by atoms with Crippen molar-refractivity contribution in [2.24, 2.45) is 5.10 Å². The van der Waals surface area contributed by atoms with E-state index in [-0.39, 0.29) is 5.41 Å². The van der Waals surface area contributed by atoms with Crippen LogP contribution in [0.1, 0.15) is 25.0 Å². The molecule has 1 heterocycles. The number of rotatable bonds is 3. The zero-order chi connectivity index (χ0) is 20.3. The minimum atomic E-state index is -0.822. The Hall–Kier alpha value is -3.41. The summed E-state index contributed by atoms with van der Waals surface area (Å²) in [6.07, 6.45) is 3.34. The molecule has 0 aromatic heterocycles. The summed E-state index contributed by atoms with van der Waals surface area (Å²) in [6, 6.07) is 15.4. The summed E-state index contributed by atoms with van der Waals surface area (Å²) in [7, 11) is 2.00. The maximum absolute atomic E-state index is 11.9. The molecule has 2 amide bonds. The molecule has 2 N–H and O–H groups in total. The molecule has 2 aromatic rings. The van der Waals surface area contributed by atoms with Crippen molar-refractivity contribution in [3.8, 4) is 0 Å². The molecule has 0 aliphatic carbocycles. The lowest BCUT2D eigenvalue weighted by atomic mass is 9.84. The van der Waals surface area contributed by atoms with Gasteiger partial charge in [0.2, 0.25) is 0 Å². The van der Waals surface area contributed by atoms with Crippen molar-refractivity contribution in [3.63, 3.8) is 0 Å². The topological polar surface area (TPSA) is 73.8 Å². The third-order valence-corrected chi connectivity index (χ3v) is 4.93. The number of nitrogens with one attached hydrogen (secondary N) is 2. The second kappa shape index (κ2) is 7.68. The highest BCUT2D eigenvalue weighted by atomic mass is 16.2. The Balaban J connectivity index is 1.62. The van der Waals surface area contributed by atoms with Crippen LogP contribution in [0.2, 0.25) is 0 Å². The van der Waals surface area contributed by atoms with Gasteiger partial charge in [0.1, 0.15) is 0 Å². The molecule has 144 valence electrons. The van der Waals surface area contributed by atoms with Gasteiger partial charge in [-0.3, -0.25) is 9.59 Å². The van der Waals surface area contributed by atoms with Gasteiger partial charge in [0.05, 0.1) is 0 Å². The molecule has 0 radical (unpaired) electrons. The van der Waals surface area contributed by atoms with Crippen LogP contribution in [0.5, 0.6) is 0 Å². The van der Waals surface area contributed by atoms with Crippen molar-refractivity contribution in [2.75, 3.05) is 17.3 Å². The first-order valence-corrected chi connectivity index (χ1v) is 9.06. The number of carbonyl (C=O) groups is 2. The van der Waals surface area contributed by atoms with Gasteiger partial charge >= 0.3 is 11.8 Å². The number of nitrogens with zero attached hydrogens (tertiary/aromatic N) is 2. The molecule has 6 nitrogen and oxygen atoms in total. The summed E-state index contributed by atoms with van der Waals surface area (Å²) in [5, 5.41) is 6.42. The molecule has 6 heteroatoms. The van der Waals surface area contributed by atoms with Gasteiger partial charge in [-0.25, -0.2) is 5.43 Å². The van der Waals surface area contributed by atoms with E-state index in [0.717, 1.165) is 16.9 Å². The lowest BCUT2D eigenvalue weighted by Gasteiger charge is -2.23. The number of benzene rings is 2. The Kier molecular flexibility index (Phi) is 5.31. The first-order chi connectivity index (χ1) is 13.3. The minimum Gasteiger partial charge on any atom is -0.347 e. The van der Waals surface area contributed by atoms with Crippen LogP contribution >= 0.6 is 0 Å². The minimum absolute atomic E-state index is 0.176. The number of hydrogen-bond acceptors (Lipinski definition) is 4. The lowest BCUT2D eigenvalue weighted by Crippen LogP contribution is -2.32. The normalized spacial score (nSPS) is 16.3. The molecule has 0 bridgehead atoms. The number of likely N-dealkylation sites (N-methyl/N-ethyl adjacent to an activating group) is 1. The van der Waals surface area contributed by atoms with Crippen molar-refractivity contribution < 1.29 is 9.59 Å². The first-order valence-electron chi connectivity index (χ1n) is 9.06. The van der Waals surface area contributed by atoms with Gasteiger partial charge in [0.25, 0.3) is 0 Å². The number of hydrogen-bond donors (Lipinski definition) is 2. The average molecular weight is 376 g/mol. The number of hydrazone groups is 1. The number of fused-ring (bicyclic) bond motifs is 1. The average Bonchev–Trinajstić information content (AvgIpc) is 2.87. The number of allylic oxidation sites excluding steroid dienone is 2. The van der Waals surface area contributed by atoms with Crippen LogP contribution < -0.4 is 15.6 Å². The SMILES string of the molecule is Cc1ccc(NC(=O)C(=O)N/N=C/C=C2/N(C)c3ccccc3C2(C)C)cc1. The maximum Gasteiger partial charge on any atom is 0.329 e. The number of amides is 2. The molecule has 0 unspecified atom stereocenters. The van der Waals surface area contributed by atoms with Crippen molar-refractivity contribution >= 4 is 29.4 Å².